The summed E-state index contributed by atoms with van der Waals surface area (Å²) in [4.78, 5) is 0. The molecular formula is C12H25B. The van der Waals surface area contributed by atoms with E-state index in [0.29, 0.717) is 10.7 Å². The molecule has 0 aliphatic heterocycles. The van der Waals surface area contributed by atoms with Crippen LogP contribution < -0.4 is 0 Å². The summed E-state index contributed by atoms with van der Waals surface area (Å²) in [7, 11) is 1.21. The van der Waals surface area contributed by atoms with E-state index in [9.17, 15) is 0 Å². The lowest BCUT2D eigenvalue weighted by molar-refractivity contribution is 0.392. The van der Waals surface area contributed by atoms with Gasteiger partial charge < -0.3 is 0 Å². The van der Waals surface area contributed by atoms with Gasteiger partial charge in [0.2, 0.25) is 0 Å². The molecule has 76 valence electrons. The van der Waals surface area contributed by atoms with Crippen LogP contribution in [-0.2, 0) is 0 Å². The SMILES string of the molecule is C=C(CC(C)(C)C)C(C)(BC)CC. The van der Waals surface area contributed by atoms with Gasteiger partial charge >= 0.3 is 0 Å². The van der Waals surface area contributed by atoms with Crippen molar-refractivity contribution in [1.29, 1.82) is 0 Å². The van der Waals surface area contributed by atoms with Crippen molar-refractivity contribution in [3.05, 3.63) is 12.2 Å². The smallest absolute Gasteiger partial charge is 0.100 e. The number of hydrogen-bond donors (Lipinski definition) is 0. The van der Waals surface area contributed by atoms with Crippen LogP contribution in [0.4, 0.5) is 0 Å². The van der Waals surface area contributed by atoms with E-state index in [2.05, 4.69) is 48.0 Å². The summed E-state index contributed by atoms with van der Waals surface area (Å²) in [5, 5.41) is 0.354. The van der Waals surface area contributed by atoms with Crippen LogP contribution in [0.2, 0.25) is 12.1 Å². The second-order valence-corrected chi connectivity index (χ2v) is 5.61. The number of hydrogen-bond acceptors (Lipinski definition) is 0. The zero-order chi connectivity index (χ0) is 10.7. The Morgan fingerprint density at radius 3 is 1.92 bits per heavy atom. The Bertz CT molecular complexity index is 170. The molecule has 0 nitrogen and oxygen atoms in total. The highest BCUT2D eigenvalue weighted by Crippen LogP contribution is 2.42. The second-order valence-electron chi connectivity index (χ2n) is 5.61. The lowest BCUT2D eigenvalue weighted by Crippen LogP contribution is -2.20. The van der Waals surface area contributed by atoms with Gasteiger partial charge in [0.05, 0.1) is 0 Å². The van der Waals surface area contributed by atoms with E-state index in [1.165, 1.54) is 19.3 Å². The fraction of sp³-hybridized carbons (Fsp3) is 0.833. The van der Waals surface area contributed by atoms with Crippen LogP contribution in [0.25, 0.3) is 0 Å². The Kier molecular flexibility index (Phi) is 4.28. The third kappa shape index (κ3) is 4.02. The fourth-order valence-corrected chi connectivity index (χ4v) is 1.60. The average molecular weight is 180 g/mol. The quantitative estimate of drug-likeness (QED) is 0.452. The summed E-state index contributed by atoms with van der Waals surface area (Å²) in [6.07, 6.45) is 2.35. The monoisotopic (exact) mass is 180 g/mol. The van der Waals surface area contributed by atoms with E-state index in [-0.39, 0.29) is 0 Å². The van der Waals surface area contributed by atoms with Gasteiger partial charge in [-0.1, -0.05) is 53.4 Å². The standard InChI is InChI=1S/C12H25B/c1-8-12(6,13-7)10(2)9-11(3,4)5/h13H,2,8-9H2,1,3-7H3. The Morgan fingerprint density at radius 2 is 1.69 bits per heavy atom. The van der Waals surface area contributed by atoms with Crippen LogP contribution in [0.3, 0.4) is 0 Å². The van der Waals surface area contributed by atoms with Crippen molar-refractivity contribution in [2.75, 3.05) is 0 Å². The molecule has 0 fully saturated rings. The fourth-order valence-electron chi connectivity index (χ4n) is 1.60. The van der Waals surface area contributed by atoms with Crippen molar-refractivity contribution in [1.82, 2.24) is 0 Å². The Hall–Kier alpha value is -0.195. The Balaban J connectivity index is 4.41. The maximum atomic E-state index is 4.25. The molecule has 0 radical (unpaired) electrons. The highest BCUT2D eigenvalue weighted by Gasteiger charge is 2.26. The predicted octanol–water partition coefficient (Wildman–Crippen LogP) is 4.05. The first-order valence-electron chi connectivity index (χ1n) is 5.43. The molecule has 0 rings (SSSR count). The largest absolute Gasteiger partial charge is 0.129 e. The first-order chi connectivity index (χ1) is 5.75. The van der Waals surface area contributed by atoms with Crippen LogP contribution >= 0.6 is 0 Å². The first-order valence-corrected chi connectivity index (χ1v) is 5.43. The van der Waals surface area contributed by atoms with Crippen molar-refractivity contribution >= 4 is 7.28 Å². The maximum absolute atomic E-state index is 4.25. The Labute approximate surface area is 85.1 Å². The van der Waals surface area contributed by atoms with Crippen LogP contribution in [0.5, 0.6) is 0 Å². The average Bonchev–Trinajstić information content (AvgIpc) is 2.00. The van der Waals surface area contributed by atoms with Crippen molar-refractivity contribution in [2.24, 2.45) is 5.41 Å². The van der Waals surface area contributed by atoms with Crippen molar-refractivity contribution in [3.63, 3.8) is 0 Å². The first kappa shape index (κ1) is 12.8. The summed E-state index contributed by atoms with van der Waals surface area (Å²) in [6.45, 7) is 18.0. The molecule has 0 N–H and O–H groups in total. The van der Waals surface area contributed by atoms with Crippen molar-refractivity contribution in [2.45, 2.75) is 59.6 Å². The number of allylic oxidation sites excluding steroid dienone is 1. The summed E-state index contributed by atoms with van der Waals surface area (Å²) >= 11 is 0. The minimum absolute atomic E-state index is 0.354. The molecule has 0 amide bonds. The topological polar surface area (TPSA) is 0 Å². The van der Waals surface area contributed by atoms with Crippen molar-refractivity contribution < 1.29 is 0 Å². The van der Waals surface area contributed by atoms with Gasteiger partial charge in [0.25, 0.3) is 0 Å². The number of rotatable bonds is 4. The van der Waals surface area contributed by atoms with Gasteiger partial charge in [-0.3, -0.25) is 0 Å². The minimum atomic E-state index is 0.354. The molecule has 0 aliphatic carbocycles. The maximum Gasteiger partial charge on any atom is 0.129 e. The molecule has 0 bridgehead atoms. The van der Waals surface area contributed by atoms with E-state index in [0.717, 1.165) is 6.42 Å². The molecule has 0 aromatic heterocycles. The lowest BCUT2D eigenvalue weighted by Gasteiger charge is -2.33. The molecule has 0 saturated heterocycles. The molecule has 0 spiro atoms. The van der Waals surface area contributed by atoms with E-state index < -0.39 is 0 Å². The summed E-state index contributed by atoms with van der Waals surface area (Å²) < 4.78 is 0. The highest BCUT2D eigenvalue weighted by molar-refractivity contribution is 6.39. The van der Waals surface area contributed by atoms with Crippen LogP contribution in [0, 0.1) is 5.41 Å². The van der Waals surface area contributed by atoms with Gasteiger partial charge in [0.15, 0.2) is 0 Å². The molecule has 13 heavy (non-hydrogen) atoms. The minimum Gasteiger partial charge on any atom is -0.100 e. The van der Waals surface area contributed by atoms with E-state index in [1.54, 1.807) is 0 Å². The van der Waals surface area contributed by atoms with E-state index in [1.807, 2.05) is 0 Å². The Morgan fingerprint density at radius 1 is 1.23 bits per heavy atom. The molecule has 0 aliphatic rings. The normalized spacial score (nSPS) is 16.5. The van der Waals surface area contributed by atoms with E-state index in [4.69, 9.17) is 0 Å². The van der Waals surface area contributed by atoms with Gasteiger partial charge in [-0.05, 0) is 17.2 Å². The van der Waals surface area contributed by atoms with Crippen molar-refractivity contribution in [3.8, 4) is 0 Å². The third-order valence-corrected chi connectivity index (χ3v) is 3.16. The zero-order valence-electron chi connectivity index (χ0n) is 10.3. The molecule has 1 atom stereocenters. The summed E-state index contributed by atoms with van der Waals surface area (Å²) in [5.41, 5.74) is 1.80. The van der Waals surface area contributed by atoms with Crippen LogP contribution in [0.15, 0.2) is 12.2 Å². The molecule has 0 aromatic rings. The summed E-state index contributed by atoms with van der Waals surface area (Å²) in [5.74, 6) is 0. The molecular weight excluding hydrogens is 155 g/mol. The second kappa shape index (κ2) is 4.35. The van der Waals surface area contributed by atoms with Gasteiger partial charge in [0.1, 0.15) is 7.28 Å². The molecule has 1 heteroatoms. The molecule has 0 aromatic carbocycles. The summed E-state index contributed by atoms with van der Waals surface area (Å²) in [6, 6.07) is 0. The van der Waals surface area contributed by atoms with Gasteiger partial charge in [-0.15, -0.1) is 6.58 Å². The molecule has 1 unspecified atom stereocenters. The zero-order valence-corrected chi connectivity index (χ0v) is 10.3. The van der Waals surface area contributed by atoms with E-state index >= 15 is 0 Å². The lowest BCUT2D eigenvalue weighted by atomic mass is 9.49. The highest BCUT2D eigenvalue weighted by atomic mass is 14.3. The molecule has 0 heterocycles. The van der Waals surface area contributed by atoms with Gasteiger partial charge in [0, 0.05) is 0 Å². The molecule has 0 saturated carbocycles. The van der Waals surface area contributed by atoms with Crippen LogP contribution in [0.1, 0.15) is 47.5 Å². The third-order valence-electron chi connectivity index (χ3n) is 3.16. The van der Waals surface area contributed by atoms with Crippen LogP contribution in [-0.4, -0.2) is 7.28 Å². The van der Waals surface area contributed by atoms with Gasteiger partial charge in [-0.2, -0.15) is 0 Å². The predicted molar refractivity (Wildman–Crippen MR) is 64.9 cm³/mol. The van der Waals surface area contributed by atoms with Gasteiger partial charge in [-0.25, -0.2) is 0 Å².